The van der Waals surface area contributed by atoms with E-state index in [0.29, 0.717) is 19.1 Å². The standard InChI is InChI=1S/C24H33N3O2.HI/c1-4-25-24(26-14-21-8-6-5-7-19(21)3)27-15-22-10-9-18(2)13-23(22)29-17-20-11-12-28-16-20;/h5-10,13,20H,4,11-12,14-17H2,1-3H3,(H2,25,26,27);1H. The number of hydrogen-bond acceptors (Lipinski definition) is 3. The van der Waals surface area contributed by atoms with Crippen LogP contribution in [0.3, 0.4) is 0 Å². The maximum atomic E-state index is 6.15. The van der Waals surface area contributed by atoms with E-state index >= 15 is 0 Å². The van der Waals surface area contributed by atoms with Gasteiger partial charge in [-0.05, 0) is 49.9 Å². The number of aliphatic imine (C=N–C) groups is 1. The average Bonchev–Trinajstić information content (AvgIpc) is 3.24. The molecule has 0 saturated carbocycles. The van der Waals surface area contributed by atoms with Crippen LogP contribution in [0.2, 0.25) is 0 Å². The topological polar surface area (TPSA) is 54.9 Å². The lowest BCUT2D eigenvalue weighted by atomic mass is 10.1. The van der Waals surface area contributed by atoms with Gasteiger partial charge in [-0.15, -0.1) is 24.0 Å². The van der Waals surface area contributed by atoms with Crippen LogP contribution >= 0.6 is 24.0 Å². The molecular weight excluding hydrogens is 489 g/mol. The molecule has 2 aromatic carbocycles. The van der Waals surface area contributed by atoms with Crippen LogP contribution in [0.25, 0.3) is 0 Å². The maximum absolute atomic E-state index is 6.15. The summed E-state index contributed by atoms with van der Waals surface area (Å²) < 4.78 is 11.6. The van der Waals surface area contributed by atoms with E-state index in [4.69, 9.17) is 14.5 Å². The Labute approximate surface area is 197 Å². The SMILES string of the molecule is CCNC(=NCc1ccc(C)cc1OCC1CCOC1)NCc1ccccc1C.I. The zero-order valence-corrected chi connectivity index (χ0v) is 20.6. The molecule has 2 N–H and O–H groups in total. The van der Waals surface area contributed by atoms with Gasteiger partial charge in [0.15, 0.2) is 5.96 Å². The van der Waals surface area contributed by atoms with Crippen molar-refractivity contribution in [2.24, 2.45) is 10.9 Å². The van der Waals surface area contributed by atoms with E-state index in [-0.39, 0.29) is 24.0 Å². The van der Waals surface area contributed by atoms with Crippen LogP contribution in [0, 0.1) is 19.8 Å². The molecule has 0 aromatic heterocycles. The van der Waals surface area contributed by atoms with Gasteiger partial charge < -0.3 is 20.1 Å². The van der Waals surface area contributed by atoms with Crippen LogP contribution in [-0.2, 0) is 17.8 Å². The number of aryl methyl sites for hydroxylation is 2. The third-order valence-corrected chi connectivity index (χ3v) is 5.18. The summed E-state index contributed by atoms with van der Waals surface area (Å²) in [6.45, 7) is 10.8. The second kappa shape index (κ2) is 12.8. The highest BCUT2D eigenvalue weighted by molar-refractivity contribution is 14.0. The van der Waals surface area contributed by atoms with Crippen molar-refractivity contribution >= 4 is 29.9 Å². The van der Waals surface area contributed by atoms with Crippen LogP contribution in [0.1, 0.15) is 35.6 Å². The smallest absolute Gasteiger partial charge is 0.191 e. The molecule has 5 nitrogen and oxygen atoms in total. The van der Waals surface area contributed by atoms with Gasteiger partial charge in [-0.1, -0.05) is 36.4 Å². The van der Waals surface area contributed by atoms with Crippen molar-refractivity contribution in [1.29, 1.82) is 0 Å². The van der Waals surface area contributed by atoms with Crippen LogP contribution in [0.4, 0.5) is 0 Å². The molecule has 3 rings (SSSR count). The summed E-state index contributed by atoms with van der Waals surface area (Å²) in [6.07, 6.45) is 1.08. The maximum Gasteiger partial charge on any atom is 0.191 e. The lowest BCUT2D eigenvalue weighted by Gasteiger charge is -2.15. The second-order valence-electron chi connectivity index (χ2n) is 7.63. The minimum Gasteiger partial charge on any atom is -0.493 e. The fourth-order valence-corrected chi connectivity index (χ4v) is 3.34. The first-order valence-electron chi connectivity index (χ1n) is 10.5. The van der Waals surface area contributed by atoms with Crippen LogP contribution < -0.4 is 15.4 Å². The molecule has 1 aliphatic heterocycles. The third kappa shape index (κ3) is 7.47. The highest BCUT2D eigenvalue weighted by atomic mass is 127. The molecule has 0 amide bonds. The van der Waals surface area contributed by atoms with Crippen LogP contribution in [0.15, 0.2) is 47.5 Å². The highest BCUT2D eigenvalue weighted by Crippen LogP contribution is 2.23. The van der Waals surface area contributed by atoms with Crippen molar-refractivity contribution in [2.75, 3.05) is 26.4 Å². The summed E-state index contributed by atoms with van der Waals surface area (Å²) >= 11 is 0. The molecule has 0 aliphatic carbocycles. The number of nitrogens with one attached hydrogen (secondary N) is 2. The van der Waals surface area contributed by atoms with Gasteiger partial charge in [0, 0.05) is 31.2 Å². The van der Waals surface area contributed by atoms with E-state index < -0.39 is 0 Å². The molecule has 1 saturated heterocycles. The van der Waals surface area contributed by atoms with Gasteiger partial charge in [-0.2, -0.15) is 0 Å². The summed E-state index contributed by atoms with van der Waals surface area (Å²) in [7, 11) is 0. The first-order chi connectivity index (χ1) is 14.2. The van der Waals surface area contributed by atoms with E-state index in [2.05, 4.69) is 73.9 Å². The molecule has 1 unspecified atom stereocenters. The van der Waals surface area contributed by atoms with Gasteiger partial charge in [-0.3, -0.25) is 0 Å². The van der Waals surface area contributed by atoms with Crippen molar-refractivity contribution in [1.82, 2.24) is 10.6 Å². The van der Waals surface area contributed by atoms with Crippen molar-refractivity contribution in [3.05, 3.63) is 64.7 Å². The lowest BCUT2D eigenvalue weighted by Crippen LogP contribution is -2.36. The van der Waals surface area contributed by atoms with E-state index in [0.717, 1.165) is 50.0 Å². The number of hydrogen-bond donors (Lipinski definition) is 2. The number of guanidine groups is 1. The summed E-state index contributed by atoms with van der Waals surface area (Å²) in [6, 6.07) is 14.7. The van der Waals surface area contributed by atoms with Gasteiger partial charge >= 0.3 is 0 Å². The Bertz CT molecular complexity index is 820. The largest absolute Gasteiger partial charge is 0.493 e. The minimum absolute atomic E-state index is 0. The molecule has 2 aromatic rings. The number of benzene rings is 2. The Morgan fingerprint density at radius 2 is 1.97 bits per heavy atom. The van der Waals surface area contributed by atoms with Gasteiger partial charge in [0.1, 0.15) is 5.75 Å². The number of halogens is 1. The van der Waals surface area contributed by atoms with E-state index in [1.165, 1.54) is 16.7 Å². The molecule has 30 heavy (non-hydrogen) atoms. The summed E-state index contributed by atoms with van der Waals surface area (Å²) in [5.74, 6) is 2.22. The Hall–Kier alpha value is -1.80. The van der Waals surface area contributed by atoms with E-state index in [9.17, 15) is 0 Å². The lowest BCUT2D eigenvalue weighted by molar-refractivity contribution is 0.166. The highest BCUT2D eigenvalue weighted by Gasteiger charge is 2.17. The quantitative estimate of drug-likeness (QED) is 0.302. The normalized spacial score (nSPS) is 16.1. The molecule has 1 aliphatic rings. The molecular formula is C24H34IN3O2. The molecule has 1 atom stereocenters. The molecule has 1 fully saturated rings. The molecule has 0 spiro atoms. The summed E-state index contributed by atoms with van der Waals surface area (Å²) in [5, 5.41) is 6.77. The second-order valence-corrected chi connectivity index (χ2v) is 7.63. The van der Waals surface area contributed by atoms with Crippen LogP contribution in [0.5, 0.6) is 5.75 Å². The molecule has 1 heterocycles. The van der Waals surface area contributed by atoms with Crippen molar-refractivity contribution in [3.63, 3.8) is 0 Å². The van der Waals surface area contributed by atoms with Crippen molar-refractivity contribution in [2.45, 2.75) is 40.3 Å². The van der Waals surface area contributed by atoms with E-state index in [1.807, 2.05) is 0 Å². The average molecular weight is 523 g/mol. The number of rotatable bonds is 8. The fraction of sp³-hybridized carbons (Fsp3) is 0.458. The summed E-state index contributed by atoms with van der Waals surface area (Å²) in [4.78, 5) is 4.79. The monoisotopic (exact) mass is 523 g/mol. The van der Waals surface area contributed by atoms with Gasteiger partial charge in [-0.25, -0.2) is 4.99 Å². The minimum atomic E-state index is 0. The molecule has 6 heteroatoms. The fourth-order valence-electron chi connectivity index (χ4n) is 3.34. The Morgan fingerprint density at radius 1 is 1.13 bits per heavy atom. The zero-order chi connectivity index (χ0) is 20.5. The number of ether oxygens (including phenoxy) is 2. The Balaban J connectivity index is 0.00000320. The van der Waals surface area contributed by atoms with E-state index in [1.54, 1.807) is 0 Å². The molecule has 164 valence electrons. The summed E-state index contributed by atoms with van der Waals surface area (Å²) in [5.41, 5.74) is 4.85. The van der Waals surface area contributed by atoms with Crippen molar-refractivity contribution in [3.8, 4) is 5.75 Å². The predicted octanol–water partition coefficient (Wildman–Crippen LogP) is 4.59. The third-order valence-electron chi connectivity index (χ3n) is 5.18. The Kier molecular flexibility index (Phi) is 10.4. The molecule has 0 bridgehead atoms. The molecule has 0 radical (unpaired) electrons. The first kappa shape index (κ1) is 24.5. The van der Waals surface area contributed by atoms with Crippen LogP contribution in [-0.4, -0.2) is 32.3 Å². The Morgan fingerprint density at radius 3 is 2.70 bits per heavy atom. The van der Waals surface area contributed by atoms with Gasteiger partial charge in [0.05, 0.1) is 19.8 Å². The predicted molar refractivity (Wildman–Crippen MR) is 134 cm³/mol. The van der Waals surface area contributed by atoms with Gasteiger partial charge in [0.25, 0.3) is 0 Å². The van der Waals surface area contributed by atoms with Crippen molar-refractivity contribution < 1.29 is 9.47 Å². The zero-order valence-electron chi connectivity index (χ0n) is 18.2. The number of nitrogens with zero attached hydrogens (tertiary/aromatic N) is 1. The van der Waals surface area contributed by atoms with Gasteiger partial charge in [0.2, 0.25) is 0 Å². The first-order valence-corrected chi connectivity index (χ1v) is 10.5.